The zero-order valence-electron chi connectivity index (χ0n) is 18.6. The van der Waals surface area contributed by atoms with Gasteiger partial charge in [-0.05, 0) is 62.7 Å². The molecule has 2 amide bonds. The van der Waals surface area contributed by atoms with Crippen LogP contribution < -0.4 is 20.7 Å². The van der Waals surface area contributed by atoms with Gasteiger partial charge in [-0.3, -0.25) is 9.59 Å². The molecule has 0 radical (unpaired) electrons. The number of hydrogen-bond acceptors (Lipinski definition) is 4. The van der Waals surface area contributed by atoms with E-state index in [1.807, 2.05) is 75.4 Å². The number of anilines is 2. The Hall–Kier alpha value is -3.80. The quantitative estimate of drug-likeness (QED) is 0.445. The second-order valence-electron chi connectivity index (χ2n) is 7.75. The molecule has 6 heteroatoms. The fourth-order valence-electron chi connectivity index (χ4n) is 3.16. The topological polar surface area (TPSA) is 79.5 Å². The summed E-state index contributed by atoms with van der Waals surface area (Å²) in [5, 5.41) is 8.92. The Balaban J connectivity index is 1.52. The molecule has 0 heterocycles. The molecule has 6 nitrogen and oxygen atoms in total. The predicted octanol–water partition coefficient (Wildman–Crippen LogP) is 5.02. The molecule has 0 fully saturated rings. The highest BCUT2D eigenvalue weighted by Crippen LogP contribution is 2.24. The number of carbonyl (C=O) groups excluding carboxylic acids is 2. The maximum atomic E-state index is 12.5. The largest absolute Gasteiger partial charge is 0.489 e. The average Bonchev–Trinajstić information content (AvgIpc) is 2.79. The van der Waals surface area contributed by atoms with Gasteiger partial charge >= 0.3 is 0 Å². The summed E-state index contributed by atoms with van der Waals surface area (Å²) < 4.78 is 5.75. The fourth-order valence-corrected chi connectivity index (χ4v) is 3.16. The molecule has 1 atom stereocenters. The number of ether oxygens (including phenoxy) is 1. The van der Waals surface area contributed by atoms with E-state index in [2.05, 4.69) is 16.0 Å². The van der Waals surface area contributed by atoms with Crippen molar-refractivity contribution in [2.75, 3.05) is 17.2 Å². The maximum absolute atomic E-state index is 12.5. The molecule has 3 aromatic carbocycles. The normalized spacial score (nSPS) is 11.5. The average molecular weight is 432 g/mol. The number of rotatable bonds is 9. The van der Waals surface area contributed by atoms with Crippen molar-refractivity contribution in [3.8, 4) is 5.75 Å². The lowest BCUT2D eigenvalue weighted by Crippen LogP contribution is -2.26. The first kappa shape index (κ1) is 22.9. The van der Waals surface area contributed by atoms with Crippen molar-refractivity contribution >= 4 is 23.2 Å². The van der Waals surface area contributed by atoms with Crippen molar-refractivity contribution in [3.63, 3.8) is 0 Å². The van der Waals surface area contributed by atoms with Gasteiger partial charge in [0.05, 0.1) is 24.4 Å². The predicted molar refractivity (Wildman–Crippen MR) is 128 cm³/mol. The molecule has 0 aliphatic rings. The van der Waals surface area contributed by atoms with Crippen LogP contribution >= 0.6 is 0 Å². The van der Waals surface area contributed by atoms with Crippen LogP contribution in [0.1, 0.15) is 42.7 Å². The number of hydrogen-bond donors (Lipinski definition) is 3. The smallest absolute Gasteiger partial charge is 0.251 e. The van der Waals surface area contributed by atoms with Gasteiger partial charge in [0.1, 0.15) is 5.75 Å². The van der Waals surface area contributed by atoms with Crippen molar-refractivity contribution in [3.05, 3.63) is 90.0 Å². The molecule has 166 valence electrons. The van der Waals surface area contributed by atoms with Gasteiger partial charge in [-0.15, -0.1) is 0 Å². The van der Waals surface area contributed by atoms with Crippen molar-refractivity contribution in [2.45, 2.75) is 32.9 Å². The zero-order chi connectivity index (χ0) is 22.9. The van der Waals surface area contributed by atoms with Gasteiger partial charge in [-0.2, -0.15) is 0 Å². The molecule has 32 heavy (non-hydrogen) atoms. The van der Waals surface area contributed by atoms with E-state index >= 15 is 0 Å². The number of benzene rings is 3. The maximum Gasteiger partial charge on any atom is 0.251 e. The molecule has 0 aromatic heterocycles. The van der Waals surface area contributed by atoms with Crippen LogP contribution in [0.5, 0.6) is 5.75 Å². The van der Waals surface area contributed by atoms with Crippen LogP contribution in [0, 0.1) is 0 Å². The number of carbonyl (C=O) groups is 2. The minimum atomic E-state index is -0.195. The molecule has 3 aromatic rings. The molecule has 0 aliphatic carbocycles. The van der Waals surface area contributed by atoms with Gasteiger partial charge in [-0.25, -0.2) is 0 Å². The second kappa shape index (κ2) is 11.0. The van der Waals surface area contributed by atoms with E-state index in [-0.39, 0.29) is 30.5 Å². The molecule has 3 rings (SSSR count). The second-order valence-corrected chi connectivity index (χ2v) is 7.75. The molecule has 0 spiro atoms. The third kappa shape index (κ3) is 6.60. The van der Waals surface area contributed by atoms with Crippen molar-refractivity contribution in [1.29, 1.82) is 0 Å². The first-order valence-electron chi connectivity index (χ1n) is 10.7. The summed E-state index contributed by atoms with van der Waals surface area (Å²) in [5.41, 5.74) is 2.95. The lowest BCUT2D eigenvalue weighted by Gasteiger charge is -2.15. The lowest BCUT2D eigenvalue weighted by molar-refractivity contribution is -0.114. The van der Waals surface area contributed by atoms with Gasteiger partial charge in [0.25, 0.3) is 5.91 Å². The van der Waals surface area contributed by atoms with Gasteiger partial charge < -0.3 is 20.7 Å². The van der Waals surface area contributed by atoms with Crippen LogP contribution in [0.25, 0.3) is 0 Å². The third-order valence-corrected chi connectivity index (χ3v) is 4.77. The van der Waals surface area contributed by atoms with Crippen LogP contribution in [-0.4, -0.2) is 24.5 Å². The lowest BCUT2D eigenvalue weighted by atomic mass is 10.1. The van der Waals surface area contributed by atoms with Gasteiger partial charge in [-0.1, -0.05) is 42.5 Å². The molecule has 0 aliphatic heterocycles. The number of nitrogens with one attached hydrogen (secondary N) is 3. The first-order valence-corrected chi connectivity index (χ1v) is 10.7. The van der Waals surface area contributed by atoms with Crippen LogP contribution in [0.2, 0.25) is 0 Å². The minimum absolute atomic E-state index is 0.0400. The standard InChI is InChI=1S/C26H29N3O3/c1-18(2)32-24-12-8-7-11-23(24)27-17-25(30)29-22-15-13-21(14-16-22)26(31)28-19(3)20-9-5-4-6-10-20/h4-16,18-19,27H,17H2,1-3H3,(H,28,31)(H,29,30). The Morgan fingerprint density at radius 2 is 1.50 bits per heavy atom. The highest BCUT2D eigenvalue weighted by atomic mass is 16.5. The van der Waals surface area contributed by atoms with Crippen LogP contribution in [0.4, 0.5) is 11.4 Å². The van der Waals surface area contributed by atoms with Gasteiger partial charge in [0.2, 0.25) is 5.91 Å². The Kier molecular flexibility index (Phi) is 7.86. The summed E-state index contributed by atoms with van der Waals surface area (Å²) in [6.45, 7) is 5.94. The van der Waals surface area contributed by atoms with Crippen molar-refractivity contribution in [1.82, 2.24) is 5.32 Å². The Morgan fingerprint density at radius 1 is 0.844 bits per heavy atom. The van der Waals surface area contributed by atoms with Crippen LogP contribution in [0.15, 0.2) is 78.9 Å². The Morgan fingerprint density at radius 3 is 2.19 bits per heavy atom. The van der Waals surface area contributed by atoms with Gasteiger partial charge in [0.15, 0.2) is 0 Å². The molecular formula is C26H29N3O3. The summed E-state index contributed by atoms with van der Waals surface area (Å²) in [4.78, 5) is 24.9. The molecular weight excluding hydrogens is 402 g/mol. The van der Waals surface area contributed by atoms with E-state index in [0.717, 1.165) is 11.3 Å². The monoisotopic (exact) mass is 431 g/mol. The summed E-state index contributed by atoms with van der Waals surface area (Å²) >= 11 is 0. The molecule has 0 bridgehead atoms. The summed E-state index contributed by atoms with van der Waals surface area (Å²) in [7, 11) is 0. The van der Waals surface area contributed by atoms with Crippen LogP contribution in [0.3, 0.4) is 0 Å². The minimum Gasteiger partial charge on any atom is -0.489 e. The van der Waals surface area contributed by atoms with E-state index in [1.54, 1.807) is 24.3 Å². The molecule has 0 saturated heterocycles. The summed E-state index contributed by atoms with van der Waals surface area (Å²) in [5.74, 6) is 0.345. The Labute approximate surface area is 189 Å². The highest BCUT2D eigenvalue weighted by Gasteiger charge is 2.12. The third-order valence-electron chi connectivity index (χ3n) is 4.77. The summed E-state index contributed by atoms with van der Waals surface area (Å²) in [6, 6.07) is 24.0. The molecule has 1 unspecified atom stereocenters. The van der Waals surface area contributed by atoms with E-state index in [9.17, 15) is 9.59 Å². The highest BCUT2D eigenvalue weighted by molar-refractivity contribution is 5.97. The molecule has 3 N–H and O–H groups in total. The van der Waals surface area contributed by atoms with Crippen molar-refractivity contribution < 1.29 is 14.3 Å². The van der Waals surface area contributed by atoms with Crippen molar-refractivity contribution in [2.24, 2.45) is 0 Å². The van der Waals surface area contributed by atoms with E-state index < -0.39 is 0 Å². The zero-order valence-corrected chi connectivity index (χ0v) is 18.6. The van der Waals surface area contributed by atoms with Gasteiger partial charge in [0, 0.05) is 11.3 Å². The van der Waals surface area contributed by atoms with E-state index in [1.165, 1.54) is 0 Å². The van der Waals surface area contributed by atoms with E-state index in [0.29, 0.717) is 17.0 Å². The summed E-state index contributed by atoms with van der Waals surface area (Å²) in [6.07, 6.45) is 0.0400. The number of amides is 2. The van der Waals surface area contributed by atoms with Crippen LogP contribution in [-0.2, 0) is 4.79 Å². The molecule has 0 saturated carbocycles. The fraction of sp³-hybridized carbons (Fsp3) is 0.231. The Bertz CT molecular complexity index is 1030. The SMILES string of the molecule is CC(C)Oc1ccccc1NCC(=O)Nc1ccc(C(=O)NC(C)c2ccccc2)cc1. The van der Waals surface area contributed by atoms with E-state index in [4.69, 9.17) is 4.74 Å². The first-order chi connectivity index (χ1) is 15.4. The number of para-hydroxylation sites is 2.